The summed E-state index contributed by atoms with van der Waals surface area (Å²) in [6.45, 7) is 2.00. The molecule has 0 N–H and O–H groups in total. The summed E-state index contributed by atoms with van der Waals surface area (Å²) < 4.78 is 39.2. The zero-order valence-electron chi connectivity index (χ0n) is 14.0. The number of nitro benzene ring substituents is 1. The zero-order chi connectivity index (χ0) is 18.9. The van der Waals surface area contributed by atoms with Crippen molar-refractivity contribution in [1.29, 1.82) is 0 Å². The number of aliphatic imine (C=N–C) groups is 1. The van der Waals surface area contributed by atoms with E-state index in [-0.39, 0.29) is 17.8 Å². The Kier molecular flexibility index (Phi) is 8.24. The number of Topliss-reactive ketones (excluding diaryl/α,β-unsaturated/α-hetero) is 1. The molecule has 0 amide bonds. The number of hydrogen-bond donors (Lipinski definition) is 0. The predicted molar refractivity (Wildman–Crippen MR) is 89.2 cm³/mol. The van der Waals surface area contributed by atoms with Gasteiger partial charge < -0.3 is 0 Å². The topological polar surface area (TPSA) is 72.6 Å². The molecule has 0 unspecified atom stereocenters. The van der Waals surface area contributed by atoms with Gasteiger partial charge in [0.25, 0.3) is 5.69 Å². The van der Waals surface area contributed by atoms with Crippen molar-refractivity contribution in [3.63, 3.8) is 0 Å². The molecule has 1 aromatic rings. The van der Waals surface area contributed by atoms with Crippen molar-refractivity contribution in [3.05, 3.63) is 39.9 Å². The van der Waals surface area contributed by atoms with Crippen LogP contribution in [0.5, 0.6) is 0 Å². The van der Waals surface area contributed by atoms with Crippen LogP contribution >= 0.6 is 0 Å². The van der Waals surface area contributed by atoms with Crippen LogP contribution in [0.4, 0.5) is 18.9 Å². The standard InChI is InChI=1S/C17H21F3N2O3/c1-2-3-4-5-6-7-12-21-16(17(18,19)20)15(23)13-8-10-14(11-9-13)22(24)25/h8-11H,2-7,12H2,1H3. The molecular weight excluding hydrogens is 337 g/mol. The van der Waals surface area contributed by atoms with Gasteiger partial charge in [0.05, 0.1) is 4.92 Å². The van der Waals surface area contributed by atoms with Gasteiger partial charge in [-0.1, -0.05) is 39.0 Å². The first-order chi connectivity index (χ1) is 11.8. The molecule has 8 heteroatoms. The molecule has 0 heterocycles. The van der Waals surface area contributed by atoms with Gasteiger partial charge >= 0.3 is 6.18 Å². The summed E-state index contributed by atoms with van der Waals surface area (Å²) in [5.74, 6) is -1.27. The van der Waals surface area contributed by atoms with Crippen LogP contribution in [0.1, 0.15) is 55.8 Å². The molecule has 25 heavy (non-hydrogen) atoms. The molecule has 0 aromatic heterocycles. The van der Waals surface area contributed by atoms with Crippen molar-refractivity contribution in [2.45, 2.75) is 51.6 Å². The summed E-state index contributed by atoms with van der Waals surface area (Å²) in [5, 5.41) is 10.6. The van der Waals surface area contributed by atoms with Crippen LogP contribution in [-0.2, 0) is 0 Å². The first kappa shape index (κ1) is 20.8. The third-order valence-electron chi connectivity index (χ3n) is 3.61. The number of carbonyl (C=O) groups is 1. The predicted octanol–water partition coefficient (Wildman–Crippen LogP) is 5.14. The van der Waals surface area contributed by atoms with Crippen LogP contribution in [0, 0.1) is 10.1 Å². The molecule has 0 bridgehead atoms. The Balaban J connectivity index is 2.76. The van der Waals surface area contributed by atoms with E-state index in [1.165, 1.54) is 0 Å². The van der Waals surface area contributed by atoms with E-state index < -0.39 is 22.6 Å². The molecule has 0 aliphatic carbocycles. The van der Waals surface area contributed by atoms with E-state index >= 15 is 0 Å². The Labute approximate surface area is 144 Å². The molecule has 0 atom stereocenters. The minimum atomic E-state index is -4.86. The quantitative estimate of drug-likeness (QED) is 0.191. The van der Waals surface area contributed by atoms with Crippen LogP contribution in [0.2, 0.25) is 0 Å². The summed E-state index contributed by atoms with van der Waals surface area (Å²) in [7, 11) is 0. The van der Waals surface area contributed by atoms with Crippen molar-refractivity contribution in [3.8, 4) is 0 Å². The van der Waals surface area contributed by atoms with Crippen LogP contribution in [0.15, 0.2) is 29.3 Å². The number of rotatable bonds is 10. The average Bonchev–Trinajstić information content (AvgIpc) is 2.55. The second kappa shape index (κ2) is 9.90. The highest BCUT2D eigenvalue weighted by atomic mass is 19.4. The smallest absolute Gasteiger partial charge is 0.287 e. The Bertz CT molecular complexity index is 611. The molecule has 0 saturated heterocycles. The highest BCUT2D eigenvalue weighted by Crippen LogP contribution is 2.22. The third kappa shape index (κ3) is 7.03. The van der Waals surface area contributed by atoms with E-state index in [9.17, 15) is 28.1 Å². The number of nitro groups is 1. The molecule has 0 aliphatic heterocycles. The summed E-state index contributed by atoms with van der Waals surface area (Å²) >= 11 is 0. The van der Waals surface area contributed by atoms with Gasteiger partial charge in [0.2, 0.25) is 5.78 Å². The number of hydrogen-bond acceptors (Lipinski definition) is 4. The van der Waals surface area contributed by atoms with Gasteiger partial charge in [0, 0.05) is 24.2 Å². The minimum absolute atomic E-state index is 0.0698. The summed E-state index contributed by atoms with van der Waals surface area (Å²) in [5.41, 5.74) is -2.03. The second-order valence-corrected chi connectivity index (χ2v) is 5.63. The molecule has 5 nitrogen and oxygen atoms in total. The van der Waals surface area contributed by atoms with E-state index in [4.69, 9.17) is 0 Å². The number of carbonyl (C=O) groups excluding carboxylic acids is 1. The first-order valence-electron chi connectivity index (χ1n) is 8.18. The van der Waals surface area contributed by atoms with E-state index in [1.54, 1.807) is 0 Å². The maximum Gasteiger partial charge on any atom is 0.436 e. The summed E-state index contributed by atoms with van der Waals surface area (Å²) in [4.78, 5) is 25.4. The van der Waals surface area contributed by atoms with Crippen molar-refractivity contribution in [1.82, 2.24) is 0 Å². The normalized spacial score (nSPS) is 12.2. The molecule has 0 spiro atoms. The van der Waals surface area contributed by atoms with Gasteiger partial charge in [-0.3, -0.25) is 19.9 Å². The van der Waals surface area contributed by atoms with Crippen LogP contribution in [0.3, 0.4) is 0 Å². The maximum absolute atomic E-state index is 13.1. The van der Waals surface area contributed by atoms with Gasteiger partial charge in [0.15, 0.2) is 5.71 Å². The number of nitrogens with zero attached hydrogens (tertiary/aromatic N) is 2. The fourth-order valence-corrected chi connectivity index (χ4v) is 2.24. The summed E-state index contributed by atoms with van der Waals surface area (Å²) in [6.07, 6.45) is 0.531. The average molecular weight is 358 g/mol. The van der Waals surface area contributed by atoms with Gasteiger partial charge in [-0.25, -0.2) is 0 Å². The lowest BCUT2D eigenvalue weighted by atomic mass is 10.1. The minimum Gasteiger partial charge on any atom is -0.287 e. The second-order valence-electron chi connectivity index (χ2n) is 5.63. The SMILES string of the molecule is CCCCCCCCN=C(C(=O)c1ccc([N+](=O)[O-])cc1)C(F)(F)F. The number of halogens is 3. The molecule has 138 valence electrons. The molecule has 0 radical (unpaired) electrons. The monoisotopic (exact) mass is 358 g/mol. The highest BCUT2D eigenvalue weighted by Gasteiger charge is 2.40. The Morgan fingerprint density at radius 3 is 2.16 bits per heavy atom. The van der Waals surface area contributed by atoms with Crippen molar-refractivity contribution in [2.75, 3.05) is 6.54 Å². The third-order valence-corrected chi connectivity index (χ3v) is 3.61. The number of alkyl halides is 3. The number of ketones is 1. The molecule has 1 aromatic carbocycles. The van der Waals surface area contributed by atoms with E-state index in [0.29, 0.717) is 6.42 Å². The molecule has 0 fully saturated rings. The largest absolute Gasteiger partial charge is 0.436 e. The Hall–Kier alpha value is -2.25. The lowest BCUT2D eigenvalue weighted by molar-refractivity contribution is -0.384. The molecule has 0 saturated carbocycles. The van der Waals surface area contributed by atoms with Gasteiger partial charge in [0.1, 0.15) is 0 Å². The lowest BCUT2D eigenvalue weighted by Crippen LogP contribution is -2.31. The van der Waals surface area contributed by atoms with E-state index in [2.05, 4.69) is 11.9 Å². The molecule has 1 rings (SSSR count). The summed E-state index contributed by atoms with van der Waals surface area (Å²) in [6, 6.07) is 4.00. The molecular formula is C17H21F3N2O3. The van der Waals surface area contributed by atoms with Crippen LogP contribution in [-0.4, -0.2) is 29.1 Å². The van der Waals surface area contributed by atoms with Crippen molar-refractivity contribution < 1.29 is 22.9 Å². The van der Waals surface area contributed by atoms with Crippen molar-refractivity contribution in [2.24, 2.45) is 4.99 Å². The lowest BCUT2D eigenvalue weighted by Gasteiger charge is -2.10. The molecule has 0 aliphatic rings. The Morgan fingerprint density at radius 2 is 1.64 bits per heavy atom. The Morgan fingerprint density at radius 1 is 1.08 bits per heavy atom. The van der Waals surface area contributed by atoms with E-state index in [0.717, 1.165) is 56.4 Å². The first-order valence-corrected chi connectivity index (χ1v) is 8.18. The van der Waals surface area contributed by atoms with Gasteiger partial charge in [-0.05, 0) is 18.6 Å². The van der Waals surface area contributed by atoms with E-state index in [1.807, 2.05) is 0 Å². The highest BCUT2D eigenvalue weighted by molar-refractivity contribution is 6.47. The number of benzene rings is 1. The zero-order valence-corrected chi connectivity index (χ0v) is 14.0. The van der Waals surface area contributed by atoms with Crippen LogP contribution < -0.4 is 0 Å². The number of non-ortho nitro benzene ring substituents is 1. The fourth-order valence-electron chi connectivity index (χ4n) is 2.24. The van der Waals surface area contributed by atoms with Crippen LogP contribution in [0.25, 0.3) is 0 Å². The van der Waals surface area contributed by atoms with Gasteiger partial charge in [-0.2, -0.15) is 13.2 Å². The fraction of sp³-hybridized carbons (Fsp3) is 0.529. The van der Waals surface area contributed by atoms with Crippen molar-refractivity contribution >= 4 is 17.2 Å². The number of unbranched alkanes of at least 4 members (excludes halogenated alkanes) is 5. The van der Waals surface area contributed by atoms with Gasteiger partial charge in [-0.15, -0.1) is 0 Å². The maximum atomic E-state index is 13.1.